The third-order valence-electron chi connectivity index (χ3n) is 4.38. The molecule has 1 saturated carbocycles. The van der Waals surface area contributed by atoms with Gasteiger partial charge in [0.25, 0.3) is 0 Å². The van der Waals surface area contributed by atoms with Crippen molar-refractivity contribution in [2.75, 3.05) is 20.2 Å². The number of aliphatic hydroxyl groups is 1. The zero-order chi connectivity index (χ0) is 14.5. The maximum Gasteiger partial charge on any atom is 0.161 e. The van der Waals surface area contributed by atoms with Crippen LogP contribution < -0.4 is 5.73 Å². The molecule has 4 nitrogen and oxygen atoms in total. The number of allylic oxidation sites excluding steroid dienone is 2. The van der Waals surface area contributed by atoms with Crippen LogP contribution >= 0.6 is 0 Å². The van der Waals surface area contributed by atoms with Gasteiger partial charge in [-0.15, -0.1) is 0 Å². The van der Waals surface area contributed by atoms with Crippen LogP contribution in [0.3, 0.4) is 0 Å². The quantitative estimate of drug-likeness (QED) is 0.831. The number of hydrogen-bond donors (Lipinski definition) is 2. The summed E-state index contributed by atoms with van der Waals surface area (Å²) in [5.41, 5.74) is 6.78. The Kier molecular flexibility index (Phi) is 5.24. The normalized spacial score (nSPS) is 32.8. The van der Waals surface area contributed by atoms with Crippen LogP contribution in [-0.4, -0.2) is 31.0 Å². The van der Waals surface area contributed by atoms with Gasteiger partial charge < -0.3 is 15.6 Å². The summed E-state index contributed by atoms with van der Waals surface area (Å²) in [4.78, 5) is 4.75. The van der Waals surface area contributed by atoms with Crippen molar-refractivity contribution in [2.45, 2.75) is 32.6 Å². The monoisotopic (exact) mass is 278 g/mol. The van der Waals surface area contributed by atoms with E-state index in [1.54, 1.807) is 13.2 Å². The van der Waals surface area contributed by atoms with E-state index in [-0.39, 0.29) is 11.7 Å². The Labute approximate surface area is 121 Å². The van der Waals surface area contributed by atoms with Crippen molar-refractivity contribution < 1.29 is 9.84 Å². The highest BCUT2D eigenvalue weighted by Gasteiger charge is 2.22. The highest BCUT2D eigenvalue weighted by Crippen LogP contribution is 2.29. The van der Waals surface area contributed by atoms with Crippen LogP contribution in [0, 0.1) is 17.8 Å². The van der Waals surface area contributed by atoms with E-state index in [0.717, 1.165) is 18.8 Å². The molecule has 0 amide bonds. The van der Waals surface area contributed by atoms with E-state index in [1.165, 1.54) is 25.7 Å². The summed E-state index contributed by atoms with van der Waals surface area (Å²) >= 11 is 0. The maximum absolute atomic E-state index is 9.74. The van der Waals surface area contributed by atoms with Gasteiger partial charge in [-0.1, -0.05) is 13.3 Å². The fourth-order valence-electron chi connectivity index (χ4n) is 3.11. The zero-order valence-corrected chi connectivity index (χ0v) is 12.5. The fourth-order valence-corrected chi connectivity index (χ4v) is 3.11. The molecule has 3 N–H and O–H groups in total. The lowest BCUT2D eigenvalue weighted by Crippen LogP contribution is -2.24. The molecule has 0 aromatic heterocycles. The van der Waals surface area contributed by atoms with Gasteiger partial charge in [0.1, 0.15) is 0 Å². The second-order valence-corrected chi connectivity index (χ2v) is 5.95. The van der Waals surface area contributed by atoms with E-state index in [1.807, 2.05) is 13.0 Å². The summed E-state index contributed by atoms with van der Waals surface area (Å²) in [5, 5.41) is 9.74. The van der Waals surface area contributed by atoms with Gasteiger partial charge in [0.15, 0.2) is 11.5 Å². The molecule has 0 heterocycles. The van der Waals surface area contributed by atoms with Crippen LogP contribution in [-0.2, 0) is 4.74 Å². The van der Waals surface area contributed by atoms with Gasteiger partial charge in [-0.2, -0.15) is 0 Å². The topological polar surface area (TPSA) is 67.8 Å². The number of aliphatic hydroxyl groups excluding tert-OH is 1. The smallest absolute Gasteiger partial charge is 0.161 e. The molecule has 4 heteroatoms. The number of aliphatic imine (C=N–C) groups is 1. The van der Waals surface area contributed by atoms with Crippen LogP contribution in [0.1, 0.15) is 32.6 Å². The Morgan fingerprint density at radius 3 is 2.85 bits per heavy atom. The first kappa shape index (κ1) is 15.1. The Bertz CT molecular complexity index is 426. The number of methoxy groups -OCH3 is 1. The van der Waals surface area contributed by atoms with Gasteiger partial charge in [0.05, 0.1) is 7.11 Å². The zero-order valence-electron chi connectivity index (χ0n) is 12.5. The van der Waals surface area contributed by atoms with E-state index in [9.17, 15) is 5.11 Å². The van der Waals surface area contributed by atoms with E-state index in [0.29, 0.717) is 17.6 Å². The number of ether oxygens (including phenoxy) is 1. The van der Waals surface area contributed by atoms with Crippen LogP contribution in [0.25, 0.3) is 0 Å². The highest BCUT2D eigenvalue weighted by atomic mass is 16.5. The first-order valence-electron chi connectivity index (χ1n) is 7.55. The minimum Gasteiger partial charge on any atom is -0.504 e. The SMILES string of the molecule is COC1=C/C(=N\CC2CCCC(CN)C2)C(C)C=C1O. The average molecular weight is 278 g/mol. The summed E-state index contributed by atoms with van der Waals surface area (Å²) in [6.07, 6.45) is 8.63. The molecular weight excluding hydrogens is 252 g/mol. The number of rotatable bonds is 4. The van der Waals surface area contributed by atoms with Crippen molar-refractivity contribution in [2.24, 2.45) is 28.5 Å². The van der Waals surface area contributed by atoms with Crippen LogP contribution in [0.4, 0.5) is 0 Å². The van der Waals surface area contributed by atoms with Crippen molar-refractivity contribution >= 4 is 5.71 Å². The van der Waals surface area contributed by atoms with Crippen molar-refractivity contribution in [3.63, 3.8) is 0 Å². The van der Waals surface area contributed by atoms with Gasteiger partial charge in [-0.3, -0.25) is 4.99 Å². The van der Waals surface area contributed by atoms with E-state index < -0.39 is 0 Å². The highest BCUT2D eigenvalue weighted by molar-refractivity contribution is 5.99. The second-order valence-electron chi connectivity index (χ2n) is 5.95. The van der Waals surface area contributed by atoms with Gasteiger partial charge >= 0.3 is 0 Å². The first-order chi connectivity index (χ1) is 9.63. The Hall–Kier alpha value is -1.29. The van der Waals surface area contributed by atoms with Crippen molar-refractivity contribution in [3.05, 3.63) is 23.7 Å². The van der Waals surface area contributed by atoms with E-state index in [4.69, 9.17) is 15.5 Å². The van der Waals surface area contributed by atoms with E-state index in [2.05, 4.69) is 0 Å². The molecule has 3 unspecified atom stereocenters. The molecule has 0 aromatic carbocycles. The third kappa shape index (κ3) is 3.63. The van der Waals surface area contributed by atoms with Gasteiger partial charge in [0.2, 0.25) is 0 Å². The molecule has 0 radical (unpaired) electrons. The Morgan fingerprint density at radius 2 is 2.15 bits per heavy atom. The van der Waals surface area contributed by atoms with Gasteiger partial charge in [-0.25, -0.2) is 0 Å². The molecule has 0 spiro atoms. The minimum atomic E-state index is 0.141. The third-order valence-corrected chi connectivity index (χ3v) is 4.38. The molecule has 0 aliphatic heterocycles. The lowest BCUT2D eigenvalue weighted by Gasteiger charge is -2.27. The largest absolute Gasteiger partial charge is 0.504 e. The van der Waals surface area contributed by atoms with Crippen molar-refractivity contribution in [3.8, 4) is 0 Å². The summed E-state index contributed by atoms with van der Waals surface area (Å²) in [7, 11) is 1.57. The number of nitrogens with zero attached hydrogens (tertiary/aromatic N) is 1. The molecule has 2 aliphatic carbocycles. The fraction of sp³-hybridized carbons (Fsp3) is 0.688. The molecule has 2 rings (SSSR count). The Balaban J connectivity index is 1.98. The number of hydrogen-bond acceptors (Lipinski definition) is 4. The predicted octanol–water partition coefficient (Wildman–Crippen LogP) is 2.81. The Morgan fingerprint density at radius 1 is 1.40 bits per heavy atom. The van der Waals surface area contributed by atoms with Gasteiger partial charge in [-0.05, 0) is 43.7 Å². The standard InChI is InChI=1S/C16H26N2O2/c1-11-6-15(19)16(20-2)8-14(11)18-10-13-5-3-4-12(7-13)9-17/h6,8,11-13,19H,3-5,7,9-10,17H2,1-2H3/b18-14+. The maximum atomic E-state index is 9.74. The first-order valence-corrected chi connectivity index (χ1v) is 7.55. The van der Waals surface area contributed by atoms with Crippen LogP contribution in [0.15, 0.2) is 28.7 Å². The number of nitrogens with two attached hydrogens (primary N) is 1. The molecule has 0 bridgehead atoms. The average Bonchev–Trinajstić information content (AvgIpc) is 2.46. The predicted molar refractivity (Wildman–Crippen MR) is 81.8 cm³/mol. The molecule has 20 heavy (non-hydrogen) atoms. The second kappa shape index (κ2) is 6.93. The molecule has 112 valence electrons. The molecular formula is C16H26N2O2. The lowest BCUT2D eigenvalue weighted by molar-refractivity contribution is 0.254. The van der Waals surface area contributed by atoms with Crippen molar-refractivity contribution in [1.29, 1.82) is 0 Å². The summed E-state index contributed by atoms with van der Waals surface area (Å²) in [5.74, 6) is 2.18. The molecule has 2 aliphatic rings. The van der Waals surface area contributed by atoms with Crippen LogP contribution in [0.5, 0.6) is 0 Å². The van der Waals surface area contributed by atoms with E-state index >= 15 is 0 Å². The summed E-state index contributed by atoms with van der Waals surface area (Å²) < 4.78 is 5.15. The minimum absolute atomic E-state index is 0.141. The van der Waals surface area contributed by atoms with Gasteiger partial charge in [0, 0.05) is 24.3 Å². The molecule has 0 saturated heterocycles. The van der Waals surface area contributed by atoms with Crippen LogP contribution in [0.2, 0.25) is 0 Å². The molecule has 1 fully saturated rings. The molecule has 0 aromatic rings. The summed E-state index contributed by atoms with van der Waals surface area (Å²) in [6, 6.07) is 0. The molecule has 3 atom stereocenters. The van der Waals surface area contributed by atoms with Crippen molar-refractivity contribution in [1.82, 2.24) is 0 Å². The lowest BCUT2D eigenvalue weighted by atomic mass is 9.81. The summed E-state index contributed by atoms with van der Waals surface area (Å²) in [6.45, 7) is 3.70.